The van der Waals surface area contributed by atoms with Crippen LogP contribution < -0.4 is 0 Å². The first kappa shape index (κ1) is 22.0. The number of nitrogens with zero attached hydrogens (tertiary/aromatic N) is 1. The number of rotatable bonds is 4. The SMILES string of the molecule is CCOC(=O)CN1C(=O)C2C3CC(C2C1=O)C1C(c2cccc(Br)c2)c2sc(=S)[nH]c2SC31. The Bertz CT molecular complexity index is 1240. The zero-order valence-electron chi connectivity index (χ0n) is 17.7. The number of halogens is 1. The third kappa shape index (κ3) is 3.24. The van der Waals surface area contributed by atoms with Gasteiger partial charge in [-0.2, -0.15) is 0 Å². The highest BCUT2D eigenvalue weighted by molar-refractivity contribution is 9.10. The van der Waals surface area contributed by atoms with E-state index in [1.165, 1.54) is 10.4 Å². The van der Waals surface area contributed by atoms with E-state index in [0.717, 1.165) is 24.8 Å². The highest BCUT2D eigenvalue weighted by atomic mass is 79.9. The fourth-order valence-corrected chi connectivity index (χ4v) is 10.4. The summed E-state index contributed by atoms with van der Waals surface area (Å²) < 4.78 is 6.78. The van der Waals surface area contributed by atoms with E-state index < -0.39 is 5.97 Å². The molecule has 2 bridgehead atoms. The molecule has 33 heavy (non-hydrogen) atoms. The predicted octanol–water partition coefficient (Wildman–Crippen LogP) is 4.60. The molecule has 10 heteroatoms. The summed E-state index contributed by atoms with van der Waals surface area (Å²) in [7, 11) is 0. The van der Waals surface area contributed by atoms with Crippen molar-refractivity contribution in [1.82, 2.24) is 9.88 Å². The van der Waals surface area contributed by atoms with Crippen molar-refractivity contribution in [2.45, 2.75) is 29.5 Å². The molecule has 6 nitrogen and oxygen atoms in total. The number of aromatic nitrogens is 1. The maximum absolute atomic E-state index is 13.4. The van der Waals surface area contributed by atoms with Crippen molar-refractivity contribution in [3.63, 3.8) is 0 Å². The second-order valence-corrected chi connectivity index (χ2v) is 12.9. The van der Waals surface area contributed by atoms with Crippen LogP contribution in [0.1, 0.15) is 29.7 Å². The number of thiazole rings is 1. The summed E-state index contributed by atoms with van der Waals surface area (Å²) in [4.78, 5) is 44.5. The number of aromatic amines is 1. The van der Waals surface area contributed by atoms with Gasteiger partial charge in [-0.05, 0) is 61.0 Å². The Morgan fingerprint density at radius 2 is 2.03 bits per heavy atom. The number of carbonyl (C=O) groups excluding carboxylic acids is 3. The van der Waals surface area contributed by atoms with Crippen LogP contribution in [0.4, 0.5) is 0 Å². The zero-order valence-corrected chi connectivity index (χ0v) is 21.7. The van der Waals surface area contributed by atoms with Crippen molar-refractivity contribution >= 4 is 69.0 Å². The number of nitrogens with one attached hydrogen (secondary N) is 1. The highest BCUT2D eigenvalue weighted by Gasteiger charge is 2.69. The second kappa shape index (κ2) is 8.03. The number of ether oxygens (including phenoxy) is 1. The van der Waals surface area contributed by atoms with E-state index in [9.17, 15) is 14.4 Å². The van der Waals surface area contributed by atoms with E-state index in [1.807, 2.05) is 12.1 Å². The quantitative estimate of drug-likeness (QED) is 0.332. The van der Waals surface area contributed by atoms with Crippen LogP contribution in [0.3, 0.4) is 0 Å². The average Bonchev–Trinajstić information content (AvgIpc) is 3.49. The molecule has 0 spiro atoms. The van der Waals surface area contributed by atoms with Gasteiger partial charge >= 0.3 is 5.97 Å². The first-order chi connectivity index (χ1) is 15.9. The van der Waals surface area contributed by atoms with E-state index in [2.05, 4.69) is 33.0 Å². The van der Waals surface area contributed by atoms with Gasteiger partial charge in [-0.25, -0.2) is 0 Å². The van der Waals surface area contributed by atoms with E-state index in [4.69, 9.17) is 17.0 Å². The maximum Gasteiger partial charge on any atom is 0.326 e. The highest BCUT2D eigenvalue weighted by Crippen LogP contribution is 2.68. The first-order valence-electron chi connectivity index (χ1n) is 11.0. The second-order valence-electron chi connectivity index (χ2n) is 9.08. The Kier molecular flexibility index (Phi) is 5.36. The van der Waals surface area contributed by atoms with Gasteiger partial charge < -0.3 is 9.72 Å². The first-order valence-corrected chi connectivity index (χ1v) is 13.9. The minimum atomic E-state index is -0.528. The van der Waals surface area contributed by atoms with Gasteiger partial charge in [-0.1, -0.05) is 28.1 Å². The third-order valence-corrected chi connectivity index (χ3v) is 11.0. The molecule has 1 aromatic carbocycles. The normalized spacial score (nSPS) is 33.8. The fourth-order valence-electron chi connectivity index (χ4n) is 6.64. The minimum Gasteiger partial charge on any atom is -0.465 e. The molecular formula is C23H21BrN2O4S3. The van der Waals surface area contributed by atoms with Gasteiger partial charge in [0.2, 0.25) is 11.8 Å². The molecule has 2 saturated carbocycles. The Morgan fingerprint density at radius 1 is 1.27 bits per heavy atom. The number of thioether (sulfide) groups is 1. The topological polar surface area (TPSA) is 79.5 Å². The van der Waals surface area contributed by atoms with Gasteiger partial charge in [0.25, 0.3) is 0 Å². The summed E-state index contributed by atoms with van der Waals surface area (Å²) in [5.74, 6) is -1.03. The molecular weight excluding hydrogens is 544 g/mol. The Hall–Kier alpha value is -1.49. The van der Waals surface area contributed by atoms with Crippen LogP contribution in [0.15, 0.2) is 33.8 Å². The Balaban J connectivity index is 1.40. The largest absolute Gasteiger partial charge is 0.465 e. The fraction of sp³-hybridized carbons (Fsp3) is 0.478. The number of likely N-dealkylation sites (tertiary alicyclic amines) is 1. The van der Waals surface area contributed by atoms with Crippen LogP contribution in [0.5, 0.6) is 0 Å². The molecule has 2 amide bonds. The maximum atomic E-state index is 13.4. The minimum absolute atomic E-state index is 0.106. The zero-order chi connectivity index (χ0) is 23.0. The van der Waals surface area contributed by atoms with Crippen LogP contribution >= 0.6 is 51.2 Å². The van der Waals surface area contributed by atoms with Gasteiger partial charge in [0.1, 0.15) is 6.54 Å². The van der Waals surface area contributed by atoms with Crippen LogP contribution in [-0.2, 0) is 19.1 Å². The molecule has 3 fully saturated rings. The van der Waals surface area contributed by atoms with Crippen molar-refractivity contribution in [2.24, 2.45) is 29.6 Å². The van der Waals surface area contributed by atoms with E-state index >= 15 is 0 Å². The molecule has 172 valence electrons. The predicted molar refractivity (Wildman–Crippen MR) is 131 cm³/mol. The lowest BCUT2D eigenvalue weighted by Crippen LogP contribution is -2.42. The van der Waals surface area contributed by atoms with Gasteiger partial charge in [-0.15, -0.1) is 23.1 Å². The molecule has 7 unspecified atom stereocenters. The van der Waals surface area contributed by atoms with Crippen LogP contribution in [0, 0.1) is 33.5 Å². The molecule has 0 radical (unpaired) electrons. The number of H-pyrrole nitrogens is 1. The summed E-state index contributed by atoms with van der Waals surface area (Å²) in [6.07, 6.45) is 0.878. The number of esters is 1. The number of imide groups is 1. The summed E-state index contributed by atoms with van der Waals surface area (Å²) in [5, 5.41) is 1.33. The van der Waals surface area contributed by atoms with Crippen molar-refractivity contribution in [3.8, 4) is 0 Å². The Morgan fingerprint density at radius 3 is 2.76 bits per heavy atom. The van der Waals surface area contributed by atoms with Gasteiger partial charge in [0.15, 0.2) is 3.95 Å². The lowest BCUT2D eigenvalue weighted by Gasteiger charge is -2.43. The van der Waals surface area contributed by atoms with Crippen molar-refractivity contribution in [3.05, 3.63) is 43.1 Å². The molecule has 1 aromatic heterocycles. The van der Waals surface area contributed by atoms with Crippen LogP contribution in [0.25, 0.3) is 0 Å². The van der Waals surface area contributed by atoms with Crippen molar-refractivity contribution < 1.29 is 19.1 Å². The van der Waals surface area contributed by atoms with E-state index in [1.54, 1.807) is 30.0 Å². The summed E-state index contributed by atoms with van der Waals surface area (Å²) in [5.41, 5.74) is 1.20. The van der Waals surface area contributed by atoms with Gasteiger partial charge in [-0.3, -0.25) is 19.3 Å². The number of benzene rings is 1. The molecule has 6 rings (SSSR count). The molecule has 2 aliphatic heterocycles. The van der Waals surface area contributed by atoms with Gasteiger partial charge in [0, 0.05) is 20.5 Å². The number of fused-ring (bicyclic) bond motifs is 9. The molecule has 1 N–H and O–H groups in total. The molecule has 2 aliphatic carbocycles. The van der Waals surface area contributed by atoms with Crippen molar-refractivity contribution in [2.75, 3.05) is 13.2 Å². The van der Waals surface area contributed by atoms with Gasteiger partial charge in [0.05, 0.1) is 23.5 Å². The smallest absolute Gasteiger partial charge is 0.326 e. The van der Waals surface area contributed by atoms with Crippen LogP contribution in [-0.4, -0.2) is 46.1 Å². The Labute approximate surface area is 212 Å². The summed E-state index contributed by atoms with van der Waals surface area (Å²) in [6.45, 7) is 1.66. The van der Waals surface area contributed by atoms with E-state index in [0.29, 0.717) is 0 Å². The summed E-state index contributed by atoms with van der Waals surface area (Å²) >= 11 is 12.5. The number of carbonyl (C=O) groups is 3. The number of hydrogen-bond donors (Lipinski definition) is 1. The standard InChI is InChI=1S/C23H21BrN2O4S3/c1-2-30-13(27)8-26-21(28)16-11-7-12(17(16)22(26)29)18-15(11)14(9-4-3-5-10(24)6-9)19-20(32-18)25-23(31)33-19/h3-6,11-12,14-18H,2,7-8H2,1H3,(H,25,31). The van der Waals surface area contributed by atoms with E-state index in [-0.39, 0.29) is 65.7 Å². The van der Waals surface area contributed by atoms with Crippen molar-refractivity contribution in [1.29, 1.82) is 0 Å². The molecule has 2 aromatic rings. The van der Waals surface area contributed by atoms with Crippen LogP contribution in [0.2, 0.25) is 0 Å². The molecule has 4 aliphatic rings. The number of hydrogen-bond acceptors (Lipinski definition) is 7. The lowest BCUT2D eigenvalue weighted by atomic mass is 9.68. The molecule has 3 heterocycles. The lowest BCUT2D eigenvalue weighted by molar-refractivity contribution is -0.153. The monoisotopic (exact) mass is 564 g/mol. The molecule has 7 atom stereocenters. The summed E-state index contributed by atoms with van der Waals surface area (Å²) in [6, 6.07) is 8.36. The number of amides is 2. The molecule has 1 saturated heterocycles. The average molecular weight is 566 g/mol. The third-order valence-electron chi connectivity index (χ3n) is 7.62.